The fourth-order valence-corrected chi connectivity index (χ4v) is 5.48. The van der Waals surface area contributed by atoms with Crippen molar-refractivity contribution in [3.05, 3.63) is 53.6 Å². The molecule has 3 aromatic rings. The van der Waals surface area contributed by atoms with Crippen LogP contribution in [0, 0.1) is 0 Å². The molecule has 4 rings (SSSR count). The number of carboxylic acid groups (broad SMARTS) is 1. The molecule has 2 aromatic carbocycles. The highest BCUT2D eigenvalue weighted by molar-refractivity contribution is 7.89. The van der Waals surface area contributed by atoms with Crippen LogP contribution in [0.15, 0.2) is 47.4 Å². The predicted octanol–water partition coefficient (Wildman–Crippen LogP) is 0.729. The molecule has 0 saturated carbocycles. The van der Waals surface area contributed by atoms with Crippen LogP contribution >= 0.6 is 11.7 Å². The maximum absolute atomic E-state index is 13.2. The summed E-state index contributed by atoms with van der Waals surface area (Å²) in [7, 11) is -4.08. The van der Waals surface area contributed by atoms with Gasteiger partial charge in [-0.2, -0.15) is 13.1 Å². The lowest BCUT2D eigenvalue weighted by Gasteiger charge is -2.36. The van der Waals surface area contributed by atoms with Gasteiger partial charge in [0.15, 0.2) is 0 Å². The minimum Gasteiger partial charge on any atom is -0.548 e. The van der Waals surface area contributed by atoms with Gasteiger partial charge in [-0.3, -0.25) is 0 Å². The van der Waals surface area contributed by atoms with Crippen molar-refractivity contribution in [2.45, 2.75) is 17.4 Å². The van der Waals surface area contributed by atoms with Gasteiger partial charge >= 0.3 is 0 Å². The molecule has 0 fully saturated rings. The van der Waals surface area contributed by atoms with E-state index < -0.39 is 22.0 Å². The van der Waals surface area contributed by atoms with Crippen LogP contribution in [0.4, 0.5) is 0 Å². The number of aliphatic carboxylic acids is 1. The first kappa shape index (κ1) is 16.1. The van der Waals surface area contributed by atoms with E-state index in [9.17, 15) is 18.3 Å². The number of rotatable bonds is 3. The van der Waals surface area contributed by atoms with Crippen molar-refractivity contribution < 1.29 is 18.3 Å². The van der Waals surface area contributed by atoms with E-state index in [1.807, 2.05) is 0 Å². The Kier molecular flexibility index (Phi) is 3.78. The van der Waals surface area contributed by atoms with Crippen molar-refractivity contribution in [2.24, 2.45) is 0 Å². The molecule has 0 amide bonds. The first-order valence-electron chi connectivity index (χ1n) is 7.52. The van der Waals surface area contributed by atoms with Crippen molar-refractivity contribution in [3.8, 4) is 0 Å². The SMILES string of the molecule is O=C([O-])C1c2ccccc2CCN1S(=O)(=O)c1cccc2nsnc12. The quantitative estimate of drug-likeness (QED) is 0.669. The van der Waals surface area contributed by atoms with Crippen LogP contribution in [0.3, 0.4) is 0 Å². The number of carboxylic acids is 1. The summed E-state index contributed by atoms with van der Waals surface area (Å²) in [5, 5.41) is 11.8. The van der Waals surface area contributed by atoms with Crippen LogP contribution in [0.5, 0.6) is 0 Å². The third kappa shape index (κ3) is 2.51. The molecule has 7 nitrogen and oxygen atoms in total. The summed E-state index contributed by atoms with van der Waals surface area (Å²) in [5.41, 5.74) is 1.98. The third-order valence-corrected chi connectivity index (χ3v) is 6.74. The largest absolute Gasteiger partial charge is 0.548 e. The zero-order valence-electron chi connectivity index (χ0n) is 12.8. The van der Waals surface area contributed by atoms with Crippen molar-refractivity contribution in [1.82, 2.24) is 13.1 Å². The molecule has 1 aromatic heterocycles. The van der Waals surface area contributed by atoms with Gasteiger partial charge in [0.1, 0.15) is 15.9 Å². The number of fused-ring (bicyclic) bond motifs is 2. The Balaban J connectivity index is 1.88. The van der Waals surface area contributed by atoms with Gasteiger partial charge < -0.3 is 9.90 Å². The molecule has 1 unspecified atom stereocenters. The zero-order chi connectivity index (χ0) is 17.6. The van der Waals surface area contributed by atoms with Crippen LogP contribution in [0.2, 0.25) is 0 Å². The molecule has 25 heavy (non-hydrogen) atoms. The molecule has 1 atom stereocenters. The number of carbonyl (C=O) groups is 1. The van der Waals surface area contributed by atoms with Gasteiger partial charge in [-0.25, -0.2) is 8.42 Å². The molecule has 0 N–H and O–H groups in total. The maximum Gasteiger partial charge on any atom is 0.246 e. The van der Waals surface area contributed by atoms with Crippen molar-refractivity contribution in [1.29, 1.82) is 0 Å². The standard InChI is InChI=1S/C16H13N3O4S2/c20-16(21)15-11-5-2-1-4-10(11)8-9-19(15)25(22,23)13-7-3-6-12-14(13)18-24-17-12/h1-7,15H,8-9H2,(H,20,21)/p-1. The molecule has 0 aliphatic carbocycles. The van der Waals surface area contributed by atoms with Gasteiger partial charge in [-0.15, -0.1) is 0 Å². The predicted molar refractivity (Wildman–Crippen MR) is 89.2 cm³/mol. The zero-order valence-corrected chi connectivity index (χ0v) is 14.5. The van der Waals surface area contributed by atoms with E-state index in [4.69, 9.17) is 0 Å². The number of nitrogens with zero attached hydrogens (tertiary/aromatic N) is 3. The average molecular weight is 374 g/mol. The highest BCUT2D eigenvalue weighted by Crippen LogP contribution is 2.35. The Labute approximate surface area is 147 Å². The number of hydrogen-bond donors (Lipinski definition) is 0. The Morgan fingerprint density at radius 2 is 1.96 bits per heavy atom. The monoisotopic (exact) mass is 374 g/mol. The second-order valence-corrected chi connectivity index (χ2v) is 8.06. The molecule has 0 spiro atoms. The molecule has 0 bridgehead atoms. The van der Waals surface area contributed by atoms with E-state index in [0.717, 1.165) is 21.6 Å². The Hall–Kier alpha value is -2.36. The molecule has 1 aliphatic rings. The molecule has 1 aliphatic heterocycles. The molecular formula is C16H12N3O4S2-. The average Bonchev–Trinajstić information content (AvgIpc) is 3.09. The molecule has 0 saturated heterocycles. The van der Waals surface area contributed by atoms with E-state index in [2.05, 4.69) is 8.75 Å². The minimum atomic E-state index is -4.08. The van der Waals surface area contributed by atoms with Gasteiger partial charge in [-0.05, 0) is 29.7 Å². The topological polar surface area (TPSA) is 103 Å². The molecule has 0 radical (unpaired) electrons. The first-order chi connectivity index (χ1) is 12.0. The molecule has 128 valence electrons. The fraction of sp³-hybridized carbons (Fsp3) is 0.188. The van der Waals surface area contributed by atoms with Gasteiger partial charge in [0.25, 0.3) is 0 Å². The Morgan fingerprint density at radius 3 is 2.76 bits per heavy atom. The Bertz CT molecular complexity index is 1080. The lowest BCUT2D eigenvalue weighted by Crippen LogP contribution is -2.48. The van der Waals surface area contributed by atoms with E-state index in [0.29, 0.717) is 17.5 Å². The summed E-state index contributed by atoms with van der Waals surface area (Å²) < 4.78 is 35.5. The first-order valence-corrected chi connectivity index (χ1v) is 9.69. The van der Waals surface area contributed by atoms with E-state index in [1.54, 1.807) is 36.4 Å². The van der Waals surface area contributed by atoms with Gasteiger partial charge in [0, 0.05) is 6.54 Å². The van der Waals surface area contributed by atoms with Crippen molar-refractivity contribution in [3.63, 3.8) is 0 Å². The smallest absolute Gasteiger partial charge is 0.246 e. The summed E-state index contributed by atoms with van der Waals surface area (Å²) in [5.74, 6) is -1.45. The van der Waals surface area contributed by atoms with Crippen LogP contribution in [0.25, 0.3) is 11.0 Å². The van der Waals surface area contributed by atoms with Crippen LogP contribution in [-0.4, -0.2) is 34.0 Å². The summed E-state index contributed by atoms with van der Waals surface area (Å²) in [6.07, 6.45) is 0.435. The lowest BCUT2D eigenvalue weighted by atomic mass is 9.94. The highest BCUT2D eigenvalue weighted by Gasteiger charge is 2.38. The molecular weight excluding hydrogens is 362 g/mol. The van der Waals surface area contributed by atoms with Gasteiger partial charge in [-0.1, -0.05) is 30.3 Å². The number of hydrogen-bond acceptors (Lipinski definition) is 7. The third-order valence-electron chi connectivity index (χ3n) is 4.30. The summed E-state index contributed by atoms with van der Waals surface area (Å²) in [6, 6.07) is 10.2. The number of aromatic nitrogens is 2. The van der Waals surface area contributed by atoms with Crippen molar-refractivity contribution >= 4 is 38.8 Å². The molecule has 2 heterocycles. The molecule has 9 heteroatoms. The van der Waals surface area contributed by atoms with E-state index in [1.165, 1.54) is 6.07 Å². The highest BCUT2D eigenvalue weighted by atomic mass is 32.2. The van der Waals surface area contributed by atoms with Gasteiger partial charge in [0.05, 0.1) is 23.7 Å². The number of sulfonamides is 1. The van der Waals surface area contributed by atoms with Gasteiger partial charge in [0.2, 0.25) is 10.0 Å². The Morgan fingerprint density at radius 1 is 1.16 bits per heavy atom. The van der Waals surface area contributed by atoms with Crippen LogP contribution < -0.4 is 5.11 Å². The lowest BCUT2D eigenvalue weighted by molar-refractivity contribution is -0.311. The fourth-order valence-electron chi connectivity index (χ4n) is 3.16. The normalized spacial score (nSPS) is 18.2. The van der Waals surface area contributed by atoms with E-state index >= 15 is 0 Å². The second kappa shape index (κ2) is 5.87. The van der Waals surface area contributed by atoms with E-state index in [-0.39, 0.29) is 17.0 Å². The number of benzene rings is 2. The summed E-state index contributed by atoms with van der Waals surface area (Å²) in [4.78, 5) is 11.7. The van der Waals surface area contributed by atoms with Crippen LogP contribution in [0.1, 0.15) is 17.2 Å². The van der Waals surface area contributed by atoms with Crippen molar-refractivity contribution in [2.75, 3.05) is 6.54 Å². The summed E-state index contributed by atoms with van der Waals surface area (Å²) in [6.45, 7) is 0.0615. The number of carbonyl (C=O) groups excluding carboxylic acids is 1. The maximum atomic E-state index is 13.2. The van der Waals surface area contributed by atoms with Crippen LogP contribution in [-0.2, 0) is 21.2 Å². The summed E-state index contributed by atoms with van der Waals surface area (Å²) >= 11 is 0.914. The second-order valence-electron chi connectivity index (χ2n) is 5.67. The minimum absolute atomic E-state index is 0.0376.